The Labute approximate surface area is 111 Å². The lowest BCUT2D eigenvalue weighted by Gasteiger charge is -2.08. The van der Waals surface area contributed by atoms with Gasteiger partial charge in [0.2, 0.25) is 5.88 Å². The second-order valence-electron chi connectivity index (χ2n) is 3.68. The van der Waals surface area contributed by atoms with Gasteiger partial charge in [0, 0.05) is 11.2 Å². The Morgan fingerprint density at radius 3 is 2.94 bits per heavy atom. The average molecular weight is 259 g/mol. The summed E-state index contributed by atoms with van der Waals surface area (Å²) in [5, 5.41) is 9.66. The third-order valence-electron chi connectivity index (χ3n) is 2.50. The van der Waals surface area contributed by atoms with E-state index in [0.717, 1.165) is 12.0 Å². The average Bonchev–Trinajstić information content (AvgIpc) is 2.41. The number of nitriles is 1. The van der Waals surface area contributed by atoms with E-state index in [4.69, 9.17) is 21.6 Å². The fraction of sp³-hybridized carbons (Fsp3) is 0.143. The minimum absolute atomic E-state index is 0.310. The molecule has 4 heteroatoms. The maximum atomic E-state index is 8.95. The Morgan fingerprint density at radius 2 is 2.22 bits per heavy atom. The van der Waals surface area contributed by atoms with Crippen LogP contribution in [0.5, 0.6) is 11.6 Å². The van der Waals surface area contributed by atoms with Gasteiger partial charge in [0.05, 0.1) is 0 Å². The second-order valence-corrected chi connectivity index (χ2v) is 4.08. The lowest BCUT2D eigenvalue weighted by atomic mass is 10.1. The van der Waals surface area contributed by atoms with Crippen LogP contribution in [0.4, 0.5) is 0 Å². The zero-order valence-electron chi connectivity index (χ0n) is 9.85. The Balaban J connectivity index is 2.32. The third kappa shape index (κ3) is 2.61. The predicted molar refractivity (Wildman–Crippen MR) is 69.9 cm³/mol. The highest BCUT2D eigenvalue weighted by Crippen LogP contribution is 2.27. The molecular formula is C14H11ClN2O. The first-order valence-electron chi connectivity index (χ1n) is 5.56. The lowest BCUT2D eigenvalue weighted by molar-refractivity contribution is 0.460. The molecule has 3 nitrogen and oxygen atoms in total. The molecular weight excluding hydrogens is 248 g/mol. The first kappa shape index (κ1) is 12.4. The number of aryl methyl sites for hydroxylation is 1. The van der Waals surface area contributed by atoms with Crippen LogP contribution in [0.2, 0.25) is 5.02 Å². The Morgan fingerprint density at radius 1 is 1.39 bits per heavy atom. The number of nitrogens with zero attached hydrogens (tertiary/aromatic N) is 2. The molecule has 0 amide bonds. The smallest absolute Gasteiger partial charge is 0.237 e. The van der Waals surface area contributed by atoms with E-state index in [1.54, 1.807) is 30.5 Å². The topological polar surface area (TPSA) is 45.9 Å². The number of hydrogen-bond donors (Lipinski definition) is 0. The third-order valence-corrected chi connectivity index (χ3v) is 2.87. The Kier molecular flexibility index (Phi) is 3.81. The van der Waals surface area contributed by atoms with Crippen molar-refractivity contribution in [2.75, 3.05) is 0 Å². The number of halogens is 1. The van der Waals surface area contributed by atoms with Gasteiger partial charge in [0.25, 0.3) is 0 Å². The molecule has 1 aromatic heterocycles. The summed E-state index contributed by atoms with van der Waals surface area (Å²) in [6.07, 6.45) is 2.41. The van der Waals surface area contributed by atoms with E-state index in [1.165, 1.54) is 0 Å². The SMILES string of the molecule is CCc1cc(Oc2ncccc2C#N)ccc1Cl. The molecule has 2 aromatic rings. The second kappa shape index (κ2) is 5.52. The number of aromatic nitrogens is 1. The van der Waals surface area contributed by atoms with Crippen molar-refractivity contribution >= 4 is 11.6 Å². The van der Waals surface area contributed by atoms with E-state index in [2.05, 4.69) is 4.98 Å². The number of pyridine rings is 1. The van der Waals surface area contributed by atoms with Crippen LogP contribution in [0, 0.1) is 11.3 Å². The molecule has 0 N–H and O–H groups in total. The summed E-state index contributed by atoms with van der Waals surface area (Å²) < 4.78 is 5.61. The molecule has 0 saturated heterocycles. The van der Waals surface area contributed by atoms with E-state index >= 15 is 0 Å². The first-order valence-corrected chi connectivity index (χ1v) is 5.93. The molecule has 0 radical (unpaired) electrons. The van der Waals surface area contributed by atoms with Gasteiger partial charge >= 0.3 is 0 Å². The van der Waals surface area contributed by atoms with Gasteiger partial charge < -0.3 is 4.74 Å². The summed E-state index contributed by atoms with van der Waals surface area (Å²) in [6.45, 7) is 2.02. The molecule has 0 fully saturated rings. The van der Waals surface area contributed by atoms with Gasteiger partial charge in [-0.25, -0.2) is 4.98 Å². The molecule has 0 atom stereocenters. The zero-order valence-corrected chi connectivity index (χ0v) is 10.6. The largest absolute Gasteiger partial charge is 0.438 e. The van der Waals surface area contributed by atoms with Crippen LogP contribution in [0.3, 0.4) is 0 Å². The van der Waals surface area contributed by atoms with Crippen molar-refractivity contribution in [2.45, 2.75) is 13.3 Å². The number of benzene rings is 1. The molecule has 2 rings (SSSR count). The maximum absolute atomic E-state index is 8.95. The normalized spacial score (nSPS) is 9.83. The van der Waals surface area contributed by atoms with E-state index in [1.807, 2.05) is 19.1 Å². The molecule has 1 aromatic carbocycles. The summed E-state index contributed by atoms with van der Waals surface area (Å²) in [7, 11) is 0. The molecule has 0 spiro atoms. The summed E-state index contributed by atoms with van der Waals surface area (Å²) in [5.41, 5.74) is 1.41. The van der Waals surface area contributed by atoms with E-state index in [9.17, 15) is 0 Å². The molecule has 90 valence electrons. The number of hydrogen-bond acceptors (Lipinski definition) is 3. The van der Waals surface area contributed by atoms with Crippen molar-refractivity contribution in [1.29, 1.82) is 5.26 Å². The molecule has 0 aliphatic rings. The van der Waals surface area contributed by atoms with Crippen molar-refractivity contribution in [3.05, 3.63) is 52.7 Å². The van der Waals surface area contributed by atoms with Crippen LogP contribution in [0.15, 0.2) is 36.5 Å². The standard InChI is InChI=1S/C14H11ClN2O/c1-2-10-8-12(5-6-13(10)15)18-14-11(9-16)4-3-7-17-14/h3-8H,2H2,1H3. The van der Waals surface area contributed by atoms with Crippen LogP contribution < -0.4 is 4.74 Å². The van der Waals surface area contributed by atoms with Crippen LogP contribution in [-0.4, -0.2) is 4.98 Å². The van der Waals surface area contributed by atoms with Crippen molar-refractivity contribution in [1.82, 2.24) is 4.98 Å². The van der Waals surface area contributed by atoms with E-state index < -0.39 is 0 Å². The summed E-state index contributed by atoms with van der Waals surface area (Å²) in [5.74, 6) is 0.941. The highest BCUT2D eigenvalue weighted by atomic mass is 35.5. The highest BCUT2D eigenvalue weighted by Gasteiger charge is 2.07. The van der Waals surface area contributed by atoms with Crippen LogP contribution in [0.1, 0.15) is 18.1 Å². The van der Waals surface area contributed by atoms with Gasteiger partial charge in [-0.1, -0.05) is 18.5 Å². The van der Waals surface area contributed by atoms with E-state index in [0.29, 0.717) is 22.2 Å². The lowest BCUT2D eigenvalue weighted by Crippen LogP contribution is -1.92. The van der Waals surface area contributed by atoms with Gasteiger partial charge in [0.1, 0.15) is 17.4 Å². The highest BCUT2D eigenvalue weighted by molar-refractivity contribution is 6.31. The molecule has 18 heavy (non-hydrogen) atoms. The molecule has 0 aliphatic heterocycles. The minimum Gasteiger partial charge on any atom is -0.438 e. The quantitative estimate of drug-likeness (QED) is 0.837. The predicted octanol–water partition coefficient (Wildman–Crippen LogP) is 3.96. The van der Waals surface area contributed by atoms with Gasteiger partial charge in [-0.2, -0.15) is 5.26 Å². The molecule has 0 saturated carbocycles. The van der Waals surface area contributed by atoms with Gasteiger partial charge in [-0.05, 0) is 42.3 Å². The van der Waals surface area contributed by atoms with Crippen molar-refractivity contribution in [3.63, 3.8) is 0 Å². The van der Waals surface area contributed by atoms with Crippen molar-refractivity contribution in [3.8, 4) is 17.7 Å². The number of ether oxygens (including phenoxy) is 1. The fourth-order valence-corrected chi connectivity index (χ4v) is 1.81. The summed E-state index contributed by atoms with van der Waals surface area (Å²) in [6, 6.07) is 10.8. The minimum atomic E-state index is 0.310. The first-order chi connectivity index (χ1) is 8.74. The Bertz CT molecular complexity index is 605. The van der Waals surface area contributed by atoms with Crippen LogP contribution in [-0.2, 0) is 6.42 Å². The zero-order chi connectivity index (χ0) is 13.0. The number of rotatable bonds is 3. The molecule has 0 aliphatic carbocycles. The van der Waals surface area contributed by atoms with Crippen molar-refractivity contribution < 1.29 is 4.74 Å². The van der Waals surface area contributed by atoms with Gasteiger partial charge in [-0.3, -0.25) is 0 Å². The molecule has 0 unspecified atom stereocenters. The monoisotopic (exact) mass is 258 g/mol. The van der Waals surface area contributed by atoms with Crippen LogP contribution in [0.25, 0.3) is 0 Å². The summed E-state index contributed by atoms with van der Waals surface area (Å²) in [4.78, 5) is 4.05. The maximum Gasteiger partial charge on any atom is 0.237 e. The van der Waals surface area contributed by atoms with Crippen molar-refractivity contribution in [2.24, 2.45) is 0 Å². The fourth-order valence-electron chi connectivity index (χ4n) is 1.55. The van der Waals surface area contributed by atoms with Gasteiger partial charge in [0.15, 0.2) is 0 Å². The molecule has 1 heterocycles. The van der Waals surface area contributed by atoms with Gasteiger partial charge in [-0.15, -0.1) is 0 Å². The Hall–Kier alpha value is -2.05. The van der Waals surface area contributed by atoms with Crippen LogP contribution >= 0.6 is 11.6 Å². The molecule has 0 bridgehead atoms. The summed E-state index contributed by atoms with van der Waals surface area (Å²) >= 11 is 6.03. The van der Waals surface area contributed by atoms with E-state index in [-0.39, 0.29) is 0 Å².